The van der Waals surface area contributed by atoms with E-state index in [0.717, 1.165) is 12.2 Å². The van der Waals surface area contributed by atoms with E-state index in [1.54, 1.807) is 24.3 Å². The van der Waals surface area contributed by atoms with E-state index in [1.807, 2.05) is 0 Å². The molecule has 1 N–H and O–H groups in total. The lowest BCUT2D eigenvalue weighted by atomic mass is 9.84. The van der Waals surface area contributed by atoms with E-state index < -0.39 is 5.97 Å². The molecule has 3 heteroatoms. The van der Waals surface area contributed by atoms with Crippen LogP contribution in [-0.4, -0.2) is 17.7 Å². The van der Waals surface area contributed by atoms with Crippen LogP contribution in [0.4, 0.5) is 0 Å². The summed E-state index contributed by atoms with van der Waals surface area (Å²) in [4.78, 5) is 10.7. The second-order valence-corrected chi connectivity index (χ2v) is 6.34. The predicted octanol–water partition coefficient (Wildman–Crippen LogP) is 4.23. The first-order valence-electron chi connectivity index (χ1n) is 6.74. The smallest absolute Gasteiger partial charge is 0.335 e. The van der Waals surface area contributed by atoms with Crippen LogP contribution in [0.5, 0.6) is 5.75 Å². The molecule has 0 heterocycles. The van der Waals surface area contributed by atoms with E-state index in [1.165, 1.54) is 6.42 Å². The van der Waals surface area contributed by atoms with Crippen molar-refractivity contribution in [1.29, 1.82) is 0 Å². The number of benzene rings is 1. The van der Waals surface area contributed by atoms with E-state index in [4.69, 9.17) is 9.84 Å². The van der Waals surface area contributed by atoms with E-state index in [9.17, 15) is 4.79 Å². The Balaban J connectivity index is 2.35. The predicted molar refractivity (Wildman–Crippen MR) is 76.7 cm³/mol. The van der Waals surface area contributed by atoms with Crippen molar-refractivity contribution in [3.8, 4) is 5.75 Å². The molecule has 0 aliphatic rings. The third-order valence-electron chi connectivity index (χ3n) is 2.94. The fourth-order valence-electron chi connectivity index (χ4n) is 2.22. The zero-order chi connectivity index (χ0) is 14.5. The summed E-state index contributed by atoms with van der Waals surface area (Å²) in [6.07, 6.45) is 2.19. The third kappa shape index (κ3) is 6.27. The number of carboxylic acid groups (broad SMARTS) is 1. The SMILES string of the molecule is CC(CCOc1ccc(C(=O)O)cc1)CC(C)(C)C. The van der Waals surface area contributed by atoms with Crippen molar-refractivity contribution in [3.05, 3.63) is 29.8 Å². The van der Waals surface area contributed by atoms with Crippen LogP contribution in [0.25, 0.3) is 0 Å². The van der Waals surface area contributed by atoms with Crippen molar-refractivity contribution in [3.63, 3.8) is 0 Å². The maximum absolute atomic E-state index is 10.7. The molecule has 19 heavy (non-hydrogen) atoms. The van der Waals surface area contributed by atoms with Crippen LogP contribution in [0.3, 0.4) is 0 Å². The number of hydrogen-bond acceptors (Lipinski definition) is 2. The maximum Gasteiger partial charge on any atom is 0.335 e. The van der Waals surface area contributed by atoms with E-state index in [0.29, 0.717) is 17.9 Å². The highest BCUT2D eigenvalue weighted by Gasteiger charge is 2.15. The molecule has 0 saturated carbocycles. The lowest BCUT2D eigenvalue weighted by Crippen LogP contribution is -2.13. The first-order valence-corrected chi connectivity index (χ1v) is 6.74. The van der Waals surface area contributed by atoms with Crippen LogP contribution in [-0.2, 0) is 0 Å². The zero-order valence-corrected chi connectivity index (χ0v) is 12.3. The highest BCUT2D eigenvalue weighted by atomic mass is 16.5. The Morgan fingerprint density at radius 1 is 1.26 bits per heavy atom. The Morgan fingerprint density at radius 2 is 1.84 bits per heavy atom. The van der Waals surface area contributed by atoms with Gasteiger partial charge in [0, 0.05) is 0 Å². The van der Waals surface area contributed by atoms with Crippen molar-refractivity contribution >= 4 is 5.97 Å². The van der Waals surface area contributed by atoms with Gasteiger partial charge in [0.2, 0.25) is 0 Å². The monoisotopic (exact) mass is 264 g/mol. The number of aromatic carboxylic acids is 1. The molecule has 0 radical (unpaired) electrons. The van der Waals surface area contributed by atoms with Crippen LogP contribution in [0.1, 0.15) is 50.9 Å². The lowest BCUT2D eigenvalue weighted by Gasteiger charge is -2.23. The maximum atomic E-state index is 10.7. The molecule has 1 atom stereocenters. The summed E-state index contributed by atoms with van der Waals surface area (Å²) in [6.45, 7) is 9.64. The summed E-state index contributed by atoms with van der Waals surface area (Å²) < 4.78 is 5.63. The topological polar surface area (TPSA) is 46.5 Å². The van der Waals surface area contributed by atoms with Gasteiger partial charge in [-0.2, -0.15) is 0 Å². The average molecular weight is 264 g/mol. The Morgan fingerprint density at radius 3 is 2.32 bits per heavy atom. The summed E-state index contributed by atoms with van der Waals surface area (Å²) >= 11 is 0. The third-order valence-corrected chi connectivity index (χ3v) is 2.94. The summed E-state index contributed by atoms with van der Waals surface area (Å²) in [6, 6.07) is 6.54. The Labute approximate surface area is 115 Å². The first-order chi connectivity index (χ1) is 8.78. The molecule has 3 nitrogen and oxygen atoms in total. The van der Waals surface area contributed by atoms with Gasteiger partial charge >= 0.3 is 5.97 Å². The minimum atomic E-state index is -0.912. The molecule has 1 aromatic rings. The average Bonchev–Trinajstić information content (AvgIpc) is 2.27. The highest BCUT2D eigenvalue weighted by Crippen LogP contribution is 2.26. The summed E-state index contributed by atoms with van der Waals surface area (Å²) in [5, 5.41) is 8.79. The van der Waals surface area contributed by atoms with Gasteiger partial charge in [0.1, 0.15) is 5.75 Å². The molecule has 0 aliphatic heterocycles. The molecule has 1 rings (SSSR count). The molecule has 0 aromatic heterocycles. The summed E-state index contributed by atoms with van der Waals surface area (Å²) in [5.41, 5.74) is 0.635. The molecule has 0 bridgehead atoms. The fraction of sp³-hybridized carbons (Fsp3) is 0.562. The standard InChI is InChI=1S/C16H24O3/c1-12(11-16(2,3)4)9-10-19-14-7-5-13(6-8-14)15(17)18/h5-8,12H,9-11H2,1-4H3,(H,17,18). The molecular formula is C16H24O3. The Bertz CT molecular complexity index is 401. The van der Waals surface area contributed by atoms with Gasteiger partial charge in [0.05, 0.1) is 12.2 Å². The number of rotatable bonds is 6. The molecular weight excluding hydrogens is 240 g/mol. The minimum absolute atomic E-state index is 0.286. The number of carboxylic acids is 1. The summed E-state index contributed by atoms with van der Waals surface area (Å²) in [7, 11) is 0. The summed E-state index contributed by atoms with van der Waals surface area (Å²) in [5.74, 6) is 0.441. The van der Waals surface area contributed by atoms with Crippen molar-refractivity contribution in [2.75, 3.05) is 6.61 Å². The molecule has 1 aromatic carbocycles. The van der Waals surface area contributed by atoms with Crippen LogP contribution < -0.4 is 4.74 Å². The number of carbonyl (C=O) groups is 1. The minimum Gasteiger partial charge on any atom is -0.494 e. The number of ether oxygens (including phenoxy) is 1. The second kappa shape index (κ2) is 6.60. The number of hydrogen-bond donors (Lipinski definition) is 1. The van der Waals surface area contributed by atoms with Gasteiger partial charge in [-0.1, -0.05) is 27.7 Å². The normalized spacial score (nSPS) is 13.1. The fourth-order valence-corrected chi connectivity index (χ4v) is 2.22. The molecule has 0 aliphatic carbocycles. The van der Waals surface area contributed by atoms with Gasteiger partial charge in [0.25, 0.3) is 0 Å². The van der Waals surface area contributed by atoms with Crippen LogP contribution in [0.15, 0.2) is 24.3 Å². The quantitative estimate of drug-likeness (QED) is 0.836. The van der Waals surface area contributed by atoms with Crippen molar-refractivity contribution in [2.45, 2.75) is 40.5 Å². The molecule has 106 valence electrons. The van der Waals surface area contributed by atoms with Crippen LogP contribution >= 0.6 is 0 Å². The van der Waals surface area contributed by atoms with Crippen molar-refractivity contribution in [2.24, 2.45) is 11.3 Å². The second-order valence-electron chi connectivity index (χ2n) is 6.34. The largest absolute Gasteiger partial charge is 0.494 e. The van der Waals surface area contributed by atoms with Crippen molar-refractivity contribution in [1.82, 2.24) is 0 Å². The van der Waals surface area contributed by atoms with Gasteiger partial charge in [-0.15, -0.1) is 0 Å². The van der Waals surface area contributed by atoms with Crippen molar-refractivity contribution < 1.29 is 14.6 Å². The van der Waals surface area contributed by atoms with Gasteiger partial charge < -0.3 is 9.84 Å². The first kappa shape index (κ1) is 15.5. The molecule has 0 saturated heterocycles. The van der Waals surface area contributed by atoms with Gasteiger partial charge in [-0.3, -0.25) is 0 Å². The lowest BCUT2D eigenvalue weighted by molar-refractivity contribution is 0.0697. The van der Waals surface area contributed by atoms with Gasteiger partial charge in [0.15, 0.2) is 0 Å². The van der Waals surface area contributed by atoms with E-state index >= 15 is 0 Å². The van der Waals surface area contributed by atoms with E-state index in [-0.39, 0.29) is 5.56 Å². The van der Waals surface area contributed by atoms with Gasteiger partial charge in [-0.05, 0) is 48.4 Å². The highest BCUT2D eigenvalue weighted by molar-refractivity contribution is 5.87. The molecule has 0 amide bonds. The van der Waals surface area contributed by atoms with Crippen LogP contribution in [0, 0.1) is 11.3 Å². The molecule has 1 unspecified atom stereocenters. The zero-order valence-electron chi connectivity index (χ0n) is 12.3. The Hall–Kier alpha value is -1.51. The Kier molecular flexibility index (Phi) is 5.40. The molecule has 0 fully saturated rings. The molecule has 0 spiro atoms. The van der Waals surface area contributed by atoms with Gasteiger partial charge in [-0.25, -0.2) is 4.79 Å². The van der Waals surface area contributed by atoms with Crippen LogP contribution in [0.2, 0.25) is 0 Å². The van der Waals surface area contributed by atoms with E-state index in [2.05, 4.69) is 27.7 Å².